The lowest BCUT2D eigenvalue weighted by Gasteiger charge is -2.15. The van der Waals surface area contributed by atoms with E-state index in [0.717, 1.165) is 33.0 Å². The standard InChI is InChI=1S/C26H29N3O4S/c1-5-34(32,33)19-8-6-7-18(10-19)21-11-20(26(31)28-13-16(3)14-30)17(4)24-23(21)22-9-15(2)12-27-25(22)29-24/h6-12,16,30H,5,13-14H2,1-4H3,(H,27,29)(H,28,31). The van der Waals surface area contributed by atoms with E-state index in [-0.39, 0.29) is 29.1 Å². The molecule has 1 unspecified atom stereocenters. The third kappa shape index (κ3) is 4.31. The van der Waals surface area contributed by atoms with Crippen LogP contribution in [0.1, 0.15) is 35.3 Å². The maximum absolute atomic E-state index is 13.1. The number of H-pyrrole nitrogens is 1. The fraction of sp³-hybridized carbons (Fsp3) is 0.308. The number of nitrogens with zero attached hydrogens (tertiary/aromatic N) is 1. The van der Waals surface area contributed by atoms with Crippen molar-refractivity contribution in [3.05, 3.63) is 59.3 Å². The quantitative estimate of drug-likeness (QED) is 0.369. The van der Waals surface area contributed by atoms with E-state index >= 15 is 0 Å². The molecule has 0 bridgehead atoms. The summed E-state index contributed by atoms with van der Waals surface area (Å²) in [7, 11) is -3.40. The number of aliphatic hydroxyl groups is 1. The Balaban J connectivity index is 2.00. The molecule has 0 aliphatic heterocycles. The van der Waals surface area contributed by atoms with Gasteiger partial charge in [0, 0.05) is 35.7 Å². The van der Waals surface area contributed by atoms with Crippen molar-refractivity contribution in [1.29, 1.82) is 0 Å². The lowest BCUT2D eigenvalue weighted by molar-refractivity contribution is 0.0942. The van der Waals surface area contributed by atoms with Crippen LogP contribution < -0.4 is 5.32 Å². The molecule has 4 rings (SSSR count). The van der Waals surface area contributed by atoms with Crippen molar-refractivity contribution in [2.45, 2.75) is 32.6 Å². The monoisotopic (exact) mass is 479 g/mol. The number of amides is 1. The van der Waals surface area contributed by atoms with Crippen LogP contribution in [0.4, 0.5) is 0 Å². The molecule has 8 heteroatoms. The lowest BCUT2D eigenvalue weighted by Crippen LogP contribution is -2.30. The molecule has 3 N–H and O–H groups in total. The summed E-state index contributed by atoms with van der Waals surface area (Å²) in [6, 6.07) is 10.7. The van der Waals surface area contributed by atoms with E-state index in [0.29, 0.717) is 23.3 Å². The van der Waals surface area contributed by atoms with Crippen LogP contribution in [0.15, 0.2) is 47.5 Å². The van der Waals surface area contributed by atoms with Gasteiger partial charge < -0.3 is 15.4 Å². The summed E-state index contributed by atoms with van der Waals surface area (Å²) in [4.78, 5) is 21.3. The van der Waals surface area contributed by atoms with E-state index in [1.165, 1.54) is 0 Å². The van der Waals surface area contributed by atoms with Gasteiger partial charge in [-0.25, -0.2) is 13.4 Å². The molecule has 0 saturated heterocycles. The Morgan fingerprint density at radius 1 is 1.21 bits per heavy atom. The molecular formula is C26H29N3O4S. The molecular weight excluding hydrogens is 450 g/mol. The summed E-state index contributed by atoms with van der Waals surface area (Å²) in [6.07, 6.45) is 1.78. The van der Waals surface area contributed by atoms with Crippen molar-refractivity contribution < 1.29 is 18.3 Å². The molecule has 0 aliphatic carbocycles. The minimum absolute atomic E-state index is 0.00661. The van der Waals surface area contributed by atoms with Crippen molar-refractivity contribution in [1.82, 2.24) is 15.3 Å². The van der Waals surface area contributed by atoms with Crippen LogP contribution >= 0.6 is 0 Å². The maximum Gasteiger partial charge on any atom is 0.251 e. The number of aromatic amines is 1. The normalized spacial score (nSPS) is 12.9. The number of benzene rings is 2. The summed E-state index contributed by atoms with van der Waals surface area (Å²) in [5, 5.41) is 14.0. The number of sulfone groups is 1. The SMILES string of the molecule is CCS(=O)(=O)c1cccc(-c2cc(C(=O)NCC(C)CO)c(C)c3[nH]c4ncc(C)cc4c23)c1. The van der Waals surface area contributed by atoms with Gasteiger partial charge in [0.2, 0.25) is 0 Å². The number of aromatic nitrogens is 2. The summed E-state index contributed by atoms with van der Waals surface area (Å²) >= 11 is 0. The number of carbonyl (C=O) groups excluding carboxylic acids is 1. The largest absolute Gasteiger partial charge is 0.396 e. The average molecular weight is 480 g/mol. The van der Waals surface area contributed by atoms with Crippen LogP contribution in [0.2, 0.25) is 0 Å². The molecule has 178 valence electrons. The Hall–Kier alpha value is -3.23. The Bertz CT molecular complexity index is 1510. The van der Waals surface area contributed by atoms with Gasteiger partial charge in [0.1, 0.15) is 5.65 Å². The zero-order chi connectivity index (χ0) is 24.6. The highest BCUT2D eigenvalue weighted by Crippen LogP contribution is 2.38. The number of fused-ring (bicyclic) bond motifs is 3. The van der Waals surface area contributed by atoms with Crippen molar-refractivity contribution in [2.24, 2.45) is 5.92 Å². The highest BCUT2D eigenvalue weighted by atomic mass is 32.2. The maximum atomic E-state index is 13.1. The second-order valence-electron chi connectivity index (χ2n) is 8.81. The fourth-order valence-electron chi connectivity index (χ4n) is 4.11. The second kappa shape index (κ2) is 9.19. The van der Waals surface area contributed by atoms with Crippen molar-refractivity contribution in [3.63, 3.8) is 0 Å². The van der Waals surface area contributed by atoms with Crippen molar-refractivity contribution in [3.8, 4) is 11.1 Å². The number of pyridine rings is 1. The Morgan fingerprint density at radius 2 is 1.97 bits per heavy atom. The van der Waals surface area contributed by atoms with Crippen LogP contribution in [0.3, 0.4) is 0 Å². The molecule has 2 heterocycles. The molecule has 0 radical (unpaired) electrons. The van der Waals surface area contributed by atoms with Gasteiger partial charge in [0.25, 0.3) is 5.91 Å². The first kappa shape index (κ1) is 23.9. The fourth-order valence-corrected chi connectivity index (χ4v) is 5.04. The van der Waals surface area contributed by atoms with Gasteiger partial charge in [-0.15, -0.1) is 0 Å². The van der Waals surface area contributed by atoms with E-state index in [4.69, 9.17) is 0 Å². The molecule has 0 aliphatic rings. The third-order valence-corrected chi connectivity index (χ3v) is 7.91. The Kier molecular flexibility index (Phi) is 6.47. The van der Waals surface area contributed by atoms with Gasteiger partial charge in [-0.2, -0.15) is 0 Å². The first-order chi connectivity index (χ1) is 16.2. The first-order valence-electron chi connectivity index (χ1n) is 11.3. The summed E-state index contributed by atoms with van der Waals surface area (Å²) in [6.45, 7) is 7.66. The number of aryl methyl sites for hydroxylation is 2. The molecule has 4 aromatic rings. The summed E-state index contributed by atoms with van der Waals surface area (Å²) in [5.74, 6) is -0.308. The van der Waals surface area contributed by atoms with Gasteiger partial charge in [-0.05, 0) is 66.3 Å². The first-order valence-corrected chi connectivity index (χ1v) is 12.9. The predicted molar refractivity (Wildman–Crippen MR) is 135 cm³/mol. The third-order valence-electron chi connectivity index (χ3n) is 6.18. The summed E-state index contributed by atoms with van der Waals surface area (Å²) in [5.41, 5.74) is 5.22. The number of nitrogens with one attached hydrogen (secondary N) is 2. The van der Waals surface area contributed by atoms with Gasteiger partial charge in [-0.3, -0.25) is 4.79 Å². The minimum Gasteiger partial charge on any atom is -0.396 e. The van der Waals surface area contributed by atoms with Crippen LogP contribution in [-0.2, 0) is 9.84 Å². The number of hydrogen-bond acceptors (Lipinski definition) is 5. The molecule has 0 spiro atoms. The van der Waals surface area contributed by atoms with Crippen LogP contribution in [0, 0.1) is 19.8 Å². The number of hydrogen-bond donors (Lipinski definition) is 3. The van der Waals surface area contributed by atoms with Crippen molar-refractivity contribution in [2.75, 3.05) is 18.9 Å². The zero-order valence-electron chi connectivity index (χ0n) is 19.8. The van der Waals surface area contributed by atoms with Crippen LogP contribution in [0.5, 0.6) is 0 Å². The van der Waals surface area contributed by atoms with Crippen molar-refractivity contribution >= 4 is 37.7 Å². The highest BCUT2D eigenvalue weighted by Gasteiger charge is 2.21. The van der Waals surface area contributed by atoms with Gasteiger partial charge >= 0.3 is 0 Å². The zero-order valence-corrected chi connectivity index (χ0v) is 20.6. The Labute approximate surface area is 199 Å². The van der Waals surface area contributed by atoms with E-state index in [1.807, 2.05) is 39.0 Å². The van der Waals surface area contributed by atoms with Gasteiger partial charge in [0.05, 0.1) is 16.2 Å². The molecule has 1 amide bonds. The van der Waals surface area contributed by atoms with E-state index in [2.05, 4.69) is 15.3 Å². The lowest BCUT2D eigenvalue weighted by atomic mass is 9.93. The molecule has 2 aromatic carbocycles. The van der Waals surface area contributed by atoms with Crippen LogP contribution in [-0.4, -0.2) is 48.3 Å². The Morgan fingerprint density at radius 3 is 2.68 bits per heavy atom. The van der Waals surface area contributed by atoms with Crippen LogP contribution in [0.25, 0.3) is 33.1 Å². The molecule has 2 aromatic heterocycles. The topological polar surface area (TPSA) is 112 Å². The molecule has 0 fully saturated rings. The number of rotatable bonds is 7. The predicted octanol–water partition coefficient (Wildman–Crippen LogP) is 4.15. The highest BCUT2D eigenvalue weighted by molar-refractivity contribution is 7.91. The molecule has 34 heavy (non-hydrogen) atoms. The molecule has 1 atom stereocenters. The summed E-state index contributed by atoms with van der Waals surface area (Å²) < 4.78 is 25.1. The smallest absolute Gasteiger partial charge is 0.251 e. The van der Waals surface area contributed by atoms with E-state index < -0.39 is 9.84 Å². The van der Waals surface area contributed by atoms with Gasteiger partial charge in [0.15, 0.2) is 9.84 Å². The average Bonchev–Trinajstić information content (AvgIpc) is 3.22. The minimum atomic E-state index is -3.40. The molecule has 0 saturated carbocycles. The van der Waals surface area contributed by atoms with E-state index in [9.17, 15) is 18.3 Å². The number of carbonyl (C=O) groups is 1. The second-order valence-corrected chi connectivity index (χ2v) is 11.1. The number of aliphatic hydroxyl groups excluding tert-OH is 1. The molecule has 7 nitrogen and oxygen atoms in total. The van der Waals surface area contributed by atoms with Gasteiger partial charge in [-0.1, -0.05) is 26.0 Å². The van der Waals surface area contributed by atoms with E-state index in [1.54, 1.807) is 31.3 Å².